The van der Waals surface area contributed by atoms with Gasteiger partial charge in [-0.15, -0.1) is 0 Å². The third-order valence-corrected chi connectivity index (χ3v) is 2.75. The number of aliphatic hydroxyl groups excluding tert-OH is 1. The number of oxime groups is 1. The lowest BCUT2D eigenvalue weighted by Gasteiger charge is -2.30. The van der Waals surface area contributed by atoms with Gasteiger partial charge in [0.1, 0.15) is 0 Å². The SMILES string of the molecule is CC(NC1CCCCC1O)C(N)=NO. The molecule has 5 heteroatoms. The molecule has 0 aliphatic heterocycles. The van der Waals surface area contributed by atoms with Crippen LogP contribution in [0.1, 0.15) is 32.6 Å². The number of aliphatic hydroxyl groups is 1. The highest BCUT2D eigenvalue weighted by molar-refractivity contribution is 5.84. The highest BCUT2D eigenvalue weighted by atomic mass is 16.4. The van der Waals surface area contributed by atoms with E-state index in [-0.39, 0.29) is 24.0 Å². The van der Waals surface area contributed by atoms with Crippen molar-refractivity contribution >= 4 is 5.84 Å². The predicted molar refractivity (Wildman–Crippen MR) is 54.3 cm³/mol. The third kappa shape index (κ3) is 2.85. The molecule has 14 heavy (non-hydrogen) atoms. The van der Waals surface area contributed by atoms with Crippen molar-refractivity contribution in [3.05, 3.63) is 0 Å². The highest BCUT2D eigenvalue weighted by Gasteiger charge is 2.24. The number of nitrogens with one attached hydrogen (secondary N) is 1. The molecule has 5 N–H and O–H groups in total. The van der Waals surface area contributed by atoms with Crippen molar-refractivity contribution < 1.29 is 10.3 Å². The molecule has 0 aromatic heterocycles. The van der Waals surface area contributed by atoms with Crippen LogP contribution in [0.4, 0.5) is 0 Å². The maximum absolute atomic E-state index is 9.67. The molecule has 0 amide bonds. The van der Waals surface area contributed by atoms with E-state index in [2.05, 4.69) is 10.5 Å². The van der Waals surface area contributed by atoms with Crippen LogP contribution in [0.3, 0.4) is 0 Å². The van der Waals surface area contributed by atoms with Crippen LogP contribution in [0.5, 0.6) is 0 Å². The zero-order chi connectivity index (χ0) is 10.6. The van der Waals surface area contributed by atoms with Gasteiger partial charge in [-0.05, 0) is 19.8 Å². The van der Waals surface area contributed by atoms with E-state index in [1.165, 1.54) is 0 Å². The van der Waals surface area contributed by atoms with Crippen LogP contribution < -0.4 is 11.1 Å². The van der Waals surface area contributed by atoms with Crippen molar-refractivity contribution in [2.45, 2.75) is 50.8 Å². The van der Waals surface area contributed by atoms with E-state index < -0.39 is 0 Å². The second-order valence-corrected chi connectivity index (χ2v) is 3.87. The molecule has 0 aromatic rings. The number of amidine groups is 1. The Labute approximate surface area is 84.0 Å². The third-order valence-electron chi connectivity index (χ3n) is 2.75. The van der Waals surface area contributed by atoms with Gasteiger partial charge in [-0.25, -0.2) is 0 Å². The molecule has 1 rings (SSSR count). The topological polar surface area (TPSA) is 90.9 Å². The first kappa shape index (κ1) is 11.3. The second-order valence-electron chi connectivity index (χ2n) is 3.87. The first-order chi connectivity index (χ1) is 6.65. The molecule has 82 valence electrons. The summed E-state index contributed by atoms with van der Waals surface area (Å²) in [5.74, 6) is 0.155. The summed E-state index contributed by atoms with van der Waals surface area (Å²) in [6.45, 7) is 1.82. The van der Waals surface area contributed by atoms with Gasteiger partial charge in [0.2, 0.25) is 0 Å². The Hall–Kier alpha value is -0.810. The maximum atomic E-state index is 9.67. The van der Waals surface area contributed by atoms with Gasteiger partial charge in [0, 0.05) is 6.04 Å². The molecule has 0 spiro atoms. The van der Waals surface area contributed by atoms with Crippen LogP contribution in [0.25, 0.3) is 0 Å². The van der Waals surface area contributed by atoms with Crippen LogP contribution in [-0.2, 0) is 0 Å². The first-order valence-corrected chi connectivity index (χ1v) is 5.06. The summed E-state index contributed by atoms with van der Waals surface area (Å²) in [6, 6.07) is -0.128. The van der Waals surface area contributed by atoms with Gasteiger partial charge in [-0.1, -0.05) is 18.0 Å². The van der Waals surface area contributed by atoms with Crippen molar-refractivity contribution in [3.8, 4) is 0 Å². The molecular weight excluding hydrogens is 182 g/mol. The van der Waals surface area contributed by atoms with Crippen LogP contribution in [0.2, 0.25) is 0 Å². The van der Waals surface area contributed by atoms with Crippen LogP contribution in [0.15, 0.2) is 5.16 Å². The number of hydrogen-bond acceptors (Lipinski definition) is 4. The Bertz CT molecular complexity index is 208. The van der Waals surface area contributed by atoms with Crippen LogP contribution in [-0.4, -0.2) is 34.3 Å². The molecule has 1 aliphatic carbocycles. The van der Waals surface area contributed by atoms with Crippen LogP contribution >= 0.6 is 0 Å². The summed E-state index contributed by atoms with van der Waals surface area (Å²) in [5, 5.41) is 24.2. The zero-order valence-electron chi connectivity index (χ0n) is 8.48. The molecule has 3 atom stereocenters. The molecule has 0 radical (unpaired) electrons. The number of nitrogens with zero attached hydrogens (tertiary/aromatic N) is 1. The van der Waals surface area contributed by atoms with Gasteiger partial charge in [0.25, 0.3) is 0 Å². The molecule has 3 unspecified atom stereocenters. The van der Waals surface area contributed by atoms with Crippen molar-refractivity contribution in [1.82, 2.24) is 5.32 Å². The molecule has 1 aliphatic rings. The van der Waals surface area contributed by atoms with Gasteiger partial charge < -0.3 is 21.4 Å². The van der Waals surface area contributed by atoms with Crippen molar-refractivity contribution in [2.75, 3.05) is 0 Å². The standard InChI is InChI=1S/C9H19N3O2/c1-6(9(10)12-14)11-7-4-2-3-5-8(7)13/h6-8,11,13-14H,2-5H2,1H3,(H2,10,12). The van der Waals surface area contributed by atoms with E-state index in [4.69, 9.17) is 10.9 Å². The Morgan fingerprint density at radius 1 is 1.50 bits per heavy atom. The summed E-state index contributed by atoms with van der Waals surface area (Å²) in [7, 11) is 0. The van der Waals surface area contributed by atoms with E-state index in [0.29, 0.717) is 0 Å². The van der Waals surface area contributed by atoms with E-state index in [0.717, 1.165) is 25.7 Å². The smallest absolute Gasteiger partial charge is 0.156 e. The van der Waals surface area contributed by atoms with E-state index in [1.807, 2.05) is 6.92 Å². The van der Waals surface area contributed by atoms with Crippen molar-refractivity contribution in [1.29, 1.82) is 0 Å². The fraction of sp³-hybridized carbons (Fsp3) is 0.889. The first-order valence-electron chi connectivity index (χ1n) is 5.06. The monoisotopic (exact) mass is 201 g/mol. The average Bonchev–Trinajstić information content (AvgIpc) is 2.20. The van der Waals surface area contributed by atoms with Gasteiger partial charge >= 0.3 is 0 Å². The Morgan fingerprint density at radius 3 is 2.71 bits per heavy atom. The van der Waals surface area contributed by atoms with E-state index >= 15 is 0 Å². The lowest BCUT2D eigenvalue weighted by Crippen LogP contribution is -2.50. The number of hydrogen-bond donors (Lipinski definition) is 4. The molecule has 0 aromatic carbocycles. The molecule has 5 nitrogen and oxygen atoms in total. The fourth-order valence-electron chi connectivity index (χ4n) is 1.80. The molecular formula is C9H19N3O2. The second kappa shape index (κ2) is 5.17. The lowest BCUT2D eigenvalue weighted by atomic mass is 9.92. The van der Waals surface area contributed by atoms with Gasteiger partial charge in [-0.2, -0.15) is 0 Å². The minimum absolute atomic E-state index is 0.0686. The summed E-state index contributed by atoms with van der Waals surface area (Å²) in [4.78, 5) is 0. The minimum atomic E-state index is -0.308. The summed E-state index contributed by atoms with van der Waals surface area (Å²) in [5.41, 5.74) is 5.43. The largest absolute Gasteiger partial charge is 0.409 e. The van der Waals surface area contributed by atoms with Gasteiger partial charge in [-0.3, -0.25) is 0 Å². The Kier molecular flexibility index (Phi) is 4.16. The molecule has 1 saturated carbocycles. The summed E-state index contributed by atoms with van der Waals surface area (Å²) < 4.78 is 0. The number of rotatable bonds is 3. The summed E-state index contributed by atoms with van der Waals surface area (Å²) >= 11 is 0. The Balaban J connectivity index is 2.42. The zero-order valence-corrected chi connectivity index (χ0v) is 8.48. The fourth-order valence-corrected chi connectivity index (χ4v) is 1.80. The van der Waals surface area contributed by atoms with Gasteiger partial charge in [0.15, 0.2) is 5.84 Å². The average molecular weight is 201 g/mol. The highest BCUT2D eigenvalue weighted by Crippen LogP contribution is 2.18. The Morgan fingerprint density at radius 2 is 2.14 bits per heavy atom. The van der Waals surface area contributed by atoms with E-state index in [9.17, 15) is 5.11 Å². The summed E-state index contributed by atoms with van der Waals surface area (Å²) in [6.07, 6.45) is 3.68. The normalized spacial score (nSPS) is 31.4. The van der Waals surface area contributed by atoms with Crippen molar-refractivity contribution in [3.63, 3.8) is 0 Å². The van der Waals surface area contributed by atoms with E-state index in [1.54, 1.807) is 0 Å². The lowest BCUT2D eigenvalue weighted by molar-refractivity contribution is 0.0892. The minimum Gasteiger partial charge on any atom is -0.409 e. The quantitative estimate of drug-likeness (QED) is 0.224. The molecule has 0 saturated heterocycles. The number of nitrogens with two attached hydrogens (primary N) is 1. The molecule has 0 bridgehead atoms. The van der Waals surface area contributed by atoms with Gasteiger partial charge in [0.05, 0.1) is 12.1 Å². The van der Waals surface area contributed by atoms with Crippen LogP contribution in [0, 0.1) is 0 Å². The molecule has 1 fully saturated rings. The molecule has 0 heterocycles. The predicted octanol–water partition coefficient (Wildman–Crippen LogP) is 0.0144. The van der Waals surface area contributed by atoms with Crippen molar-refractivity contribution in [2.24, 2.45) is 10.9 Å². The maximum Gasteiger partial charge on any atom is 0.156 e.